The van der Waals surface area contributed by atoms with Gasteiger partial charge in [0.1, 0.15) is 18.9 Å². The SMILES string of the molecule is O=Cc1ccc(B2OB(c3ccc(C=O)cc3)OB(c3ccc(C=O)cc3)O2)cc1. The highest BCUT2D eigenvalue weighted by atomic mass is 16.7. The van der Waals surface area contributed by atoms with Crippen LogP contribution in [0, 0.1) is 0 Å². The lowest BCUT2D eigenvalue weighted by molar-refractivity contribution is 0.111. The van der Waals surface area contributed by atoms with Crippen LogP contribution >= 0.6 is 0 Å². The first-order valence-electron chi connectivity index (χ1n) is 9.32. The summed E-state index contributed by atoms with van der Waals surface area (Å²) in [5.74, 6) is 0. The first-order chi connectivity index (χ1) is 14.7. The maximum atomic E-state index is 10.9. The van der Waals surface area contributed by atoms with Gasteiger partial charge in [-0.15, -0.1) is 0 Å². The predicted molar refractivity (Wildman–Crippen MR) is 115 cm³/mol. The Morgan fingerprint density at radius 2 is 0.667 bits per heavy atom. The van der Waals surface area contributed by atoms with Gasteiger partial charge in [0.25, 0.3) is 0 Å². The van der Waals surface area contributed by atoms with Gasteiger partial charge in [-0.1, -0.05) is 72.8 Å². The van der Waals surface area contributed by atoms with E-state index >= 15 is 0 Å². The lowest BCUT2D eigenvalue weighted by atomic mass is 9.61. The molecule has 3 aromatic rings. The average molecular weight is 396 g/mol. The number of carbonyl (C=O) groups excluding carboxylic acids is 3. The van der Waals surface area contributed by atoms with Crippen LogP contribution in [0.1, 0.15) is 31.1 Å². The molecule has 0 radical (unpaired) electrons. The molecule has 0 amide bonds. The van der Waals surface area contributed by atoms with E-state index in [2.05, 4.69) is 0 Å². The molecule has 0 aromatic heterocycles. The van der Waals surface area contributed by atoms with Crippen LogP contribution in [0.2, 0.25) is 0 Å². The topological polar surface area (TPSA) is 78.9 Å². The highest BCUT2D eigenvalue weighted by molar-refractivity contribution is 6.87. The molecule has 0 unspecified atom stereocenters. The van der Waals surface area contributed by atoms with Crippen LogP contribution in [0.15, 0.2) is 72.8 Å². The van der Waals surface area contributed by atoms with Crippen LogP contribution in [0.3, 0.4) is 0 Å². The molecule has 0 saturated carbocycles. The molecule has 1 saturated heterocycles. The second kappa shape index (κ2) is 9.05. The molecule has 0 aliphatic carbocycles. The summed E-state index contributed by atoms with van der Waals surface area (Å²) in [5, 5.41) is 0. The summed E-state index contributed by atoms with van der Waals surface area (Å²) in [6, 6.07) is 20.7. The highest BCUT2D eigenvalue weighted by Gasteiger charge is 2.43. The van der Waals surface area contributed by atoms with Crippen molar-refractivity contribution in [2.24, 2.45) is 0 Å². The minimum Gasteiger partial charge on any atom is -0.445 e. The Labute approximate surface area is 174 Å². The van der Waals surface area contributed by atoms with Gasteiger partial charge in [0.15, 0.2) is 0 Å². The lowest BCUT2D eigenvalue weighted by Gasteiger charge is -2.31. The van der Waals surface area contributed by atoms with Gasteiger partial charge in [0, 0.05) is 16.7 Å². The Bertz CT molecular complexity index is 895. The van der Waals surface area contributed by atoms with Gasteiger partial charge >= 0.3 is 21.4 Å². The fourth-order valence-electron chi connectivity index (χ4n) is 3.10. The van der Waals surface area contributed by atoms with E-state index in [1.54, 1.807) is 72.8 Å². The third-order valence-electron chi connectivity index (χ3n) is 4.78. The van der Waals surface area contributed by atoms with Crippen molar-refractivity contribution in [3.8, 4) is 0 Å². The van der Waals surface area contributed by atoms with E-state index in [-0.39, 0.29) is 0 Å². The quantitative estimate of drug-likeness (QED) is 0.451. The lowest BCUT2D eigenvalue weighted by Crippen LogP contribution is -2.61. The number of rotatable bonds is 6. The van der Waals surface area contributed by atoms with Crippen molar-refractivity contribution in [1.29, 1.82) is 0 Å². The third-order valence-corrected chi connectivity index (χ3v) is 4.78. The van der Waals surface area contributed by atoms with Crippen molar-refractivity contribution in [3.05, 3.63) is 89.5 Å². The van der Waals surface area contributed by atoms with Crippen LogP contribution in [0.4, 0.5) is 0 Å². The maximum absolute atomic E-state index is 10.9. The zero-order valence-corrected chi connectivity index (χ0v) is 15.8. The minimum absolute atomic E-state index is 0.549. The fourth-order valence-corrected chi connectivity index (χ4v) is 3.10. The van der Waals surface area contributed by atoms with Gasteiger partial charge in [-0.05, 0) is 16.4 Å². The Balaban J connectivity index is 1.65. The van der Waals surface area contributed by atoms with Crippen LogP contribution in [-0.4, -0.2) is 40.2 Å². The van der Waals surface area contributed by atoms with Gasteiger partial charge in [-0.3, -0.25) is 14.4 Å². The minimum atomic E-state index is -0.744. The standard InChI is InChI=1S/C21H15B3O6/c25-13-16-1-7-19(8-2-16)22-28-23(20-9-3-17(14-26)4-10-20)30-24(29-22)21-11-5-18(15-27)6-12-21/h1-15H. The number of benzene rings is 3. The van der Waals surface area contributed by atoms with Crippen molar-refractivity contribution in [2.75, 3.05) is 0 Å². The van der Waals surface area contributed by atoms with Gasteiger partial charge in [-0.25, -0.2) is 0 Å². The second-order valence-electron chi connectivity index (χ2n) is 6.76. The monoisotopic (exact) mass is 396 g/mol. The Morgan fingerprint density at radius 1 is 0.433 bits per heavy atom. The highest BCUT2D eigenvalue weighted by Crippen LogP contribution is 2.11. The molecule has 144 valence electrons. The normalized spacial score (nSPS) is 13.8. The van der Waals surface area contributed by atoms with E-state index in [1.165, 1.54) is 0 Å². The zero-order valence-electron chi connectivity index (χ0n) is 15.8. The van der Waals surface area contributed by atoms with E-state index in [0.717, 1.165) is 35.2 Å². The second-order valence-corrected chi connectivity index (χ2v) is 6.76. The average Bonchev–Trinajstić information content (AvgIpc) is 2.84. The molecule has 3 aromatic carbocycles. The molecule has 1 fully saturated rings. The molecule has 30 heavy (non-hydrogen) atoms. The molecule has 1 aliphatic rings. The van der Waals surface area contributed by atoms with E-state index < -0.39 is 21.4 Å². The van der Waals surface area contributed by atoms with E-state index in [4.69, 9.17) is 13.7 Å². The molecule has 6 nitrogen and oxygen atoms in total. The summed E-state index contributed by atoms with van der Waals surface area (Å²) in [4.78, 5) is 32.8. The smallest absolute Gasteiger partial charge is 0.445 e. The van der Waals surface area contributed by atoms with Crippen molar-refractivity contribution in [1.82, 2.24) is 0 Å². The van der Waals surface area contributed by atoms with Gasteiger partial charge in [0.05, 0.1) is 0 Å². The number of aldehydes is 3. The van der Waals surface area contributed by atoms with Crippen LogP contribution in [0.25, 0.3) is 0 Å². The fraction of sp³-hybridized carbons (Fsp3) is 0. The molecular weight excluding hydrogens is 381 g/mol. The molecule has 4 rings (SSSR count). The molecular formula is C21H15B3O6. The molecule has 1 heterocycles. The van der Waals surface area contributed by atoms with Gasteiger partial charge in [0.2, 0.25) is 0 Å². The summed E-state index contributed by atoms with van der Waals surface area (Å²) in [5.41, 5.74) is 3.84. The summed E-state index contributed by atoms with van der Waals surface area (Å²) in [7, 11) is -2.23. The van der Waals surface area contributed by atoms with Crippen molar-refractivity contribution < 1.29 is 28.1 Å². The molecule has 0 N–H and O–H groups in total. The number of hydrogen-bond donors (Lipinski definition) is 0. The Morgan fingerprint density at radius 3 is 0.867 bits per heavy atom. The maximum Gasteiger partial charge on any atom is 0.467 e. The molecule has 9 heteroatoms. The summed E-state index contributed by atoms with van der Waals surface area (Å²) >= 11 is 0. The van der Waals surface area contributed by atoms with Crippen molar-refractivity contribution in [3.63, 3.8) is 0 Å². The van der Waals surface area contributed by atoms with Crippen LogP contribution in [0.5, 0.6) is 0 Å². The molecule has 0 spiro atoms. The molecule has 0 atom stereocenters. The summed E-state index contributed by atoms with van der Waals surface area (Å²) in [6.07, 6.45) is 2.30. The zero-order chi connectivity index (χ0) is 20.9. The summed E-state index contributed by atoms with van der Waals surface area (Å²) in [6.45, 7) is 0. The molecule has 1 aliphatic heterocycles. The number of hydrogen-bond acceptors (Lipinski definition) is 6. The van der Waals surface area contributed by atoms with Gasteiger partial charge < -0.3 is 13.7 Å². The molecule has 0 bridgehead atoms. The van der Waals surface area contributed by atoms with E-state index in [9.17, 15) is 14.4 Å². The third kappa shape index (κ3) is 4.33. The van der Waals surface area contributed by atoms with Crippen LogP contribution < -0.4 is 16.4 Å². The Hall–Kier alpha value is -3.26. The van der Waals surface area contributed by atoms with Gasteiger partial charge in [-0.2, -0.15) is 0 Å². The predicted octanol–water partition coefficient (Wildman–Crippen LogP) is 0.673. The Kier molecular flexibility index (Phi) is 6.04. The van der Waals surface area contributed by atoms with E-state index in [0.29, 0.717) is 16.7 Å². The van der Waals surface area contributed by atoms with E-state index in [1.807, 2.05) is 0 Å². The first-order valence-corrected chi connectivity index (χ1v) is 9.32. The first kappa shape index (κ1) is 20.0. The summed E-state index contributed by atoms with van der Waals surface area (Å²) < 4.78 is 18.1. The van der Waals surface area contributed by atoms with Crippen LogP contribution in [-0.2, 0) is 13.7 Å². The number of carbonyl (C=O) groups is 3. The van der Waals surface area contributed by atoms with Crippen molar-refractivity contribution >= 4 is 56.6 Å². The van der Waals surface area contributed by atoms with Crippen molar-refractivity contribution in [2.45, 2.75) is 0 Å². The largest absolute Gasteiger partial charge is 0.467 e.